The largest absolute Gasteiger partial charge is 0.368 e. The van der Waals surface area contributed by atoms with Gasteiger partial charge in [0.05, 0.1) is 0 Å². The minimum atomic E-state index is -0.391. The standard InChI is InChI=1S/C18H22N2O/c19-18(21)17(20-16-8-2-1-3-9-16)15-11-10-13-6-4-5-7-14(13)12-15/h4-7,10-12,16-17,20H,1-3,8-9H2,(H2,19,21). The van der Waals surface area contributed by atoms with E-state index in [-0.39, 0.29) is 5.91 Å². The van der Waals surface area contributed by atoms with Gasteiger partial charge in [0.25, 0.3) is 0 Å². The number of rotatable bonds is 4. The van der Waals surface area contributed by atoms with Crippen LogP contribution in [0, 0.1) is 0 Å². The predicted molar refractivity (Wildman–Crippen MR) is 85.9 cm³/mol. The fraction of sp³-hybridized carbons (Fsp3) is 0.389. The Balaban J connectivity index is 1.85. The van der Waals surface area contributed by atoms with Gasteiger partial charge in [-0.05, 0) is 35.2 Å². The van der Waals surface area contributed by atoms with Gasteiger partial charge >= 0.3 is 0 Å². The zero-order chi connectivity index (χ0) is 14.7. The van der Waals surface area contributed by atoms with Crippen molar-refractivity contribution in [3.05, 3.63) is 48.0 Å². The summed E-state index contributed by atoms with van der Waals surface area (Å²) < 4.78 is 0. The van der Waals surface area contributed by atoms with E-state index in [9.17, 15) is 4.79 Å². The van der Waals surface area contributed by atoms with Gasteiger partial charge in [-0.25, -0.2) is 0 Å². The summed E-state index contributed by atoms with van der Waals surface area (Å²) in [5.74, 6) is -0.296. The topological polar surface area (TPSA) is 55.1 Å². The fourth-order valence-electron chi connectivity index (χ4n) is 3.23. The summed E-state index contributed by atoms with van der Waals surface area (Å²) in [5.41, 5.74) is 6.59. The van der Waals surface area contributed by atoms with Gasteiger partial charge in [0.15, 0.2) is 0 Å². The van der Waals surface area contributed by atoms with E-state index < -0.39 is 6.04 Å². The number of hydrogen-bond donors (Lipinski definition) is 2. The first kappa shape index (κ1) is 14.1. The van der Waals surface area contributed by atoms with Crippen LogP contribution in [-0.4, -0.2) is 11.9 Å². The Morgan fingerprint density at radius 2 is 1.76 bits per heavy atom. The molecule has 3 rings (SSSR count). The van der Waals surface area contributed by atoms with Crippen molar-refractivity contribution in [1.82, 2.24) is 5.32 Å². The molecule has 0 bridgehead atoms. The maximum Gasteiger partial charge on any atom is 0.239 e. The lowest BCUT2D eigenvalue weighted by Gasteiger charge is -2.27. The minimum absolute atomic E-state index is 0.296. The van der Waals surface area contributed by atoms with E-state index in [1.165, 1.54) is 24.6 Å². The van der Waals surface area contributed by atoms with Crippen molar-refractivity contribution < 1.29 is 4.79 Å². The number of benzene rings is 2. The zero-order valence-electron chi connectivity index (χ0n) is 12.2. The van der Waals surface area contributed by atoms with Gasteiger partial charge in [0.1, 0.15) is 6.04 Å². The second-order valence-electron chi connectivity index (χ2n) is 5.94. The molecular weight excluding hydrogens is 260 g/mol. The van der Waals surface area contributed by atoms with Gasteiger partial charge in [-0.3, -0.25) is 10.1 Å². The molecule has 2 aromatic rings. The number of hydrogen-bond acceptors (Lipinski definition) is 2. The molecule has 1 atom stereocenters. The minimum Gasteiger partial charge on any atom is -0.368 e. The first-order valence-corrected chi connectivity index (χ1v) is 7.78. The van der Waals surface area contributed by atoms with Crippen LogP contribution in [0.4, 0.5) is 0 Å². The summed E-state index contributed by atoms with van der Waals surface area (Å²) in [6.45, 7) is 0. The summed E-state index contributed by atoms with van der Waals surface area (Å²) in [4.78, 5) is 11.9. The molecular formula is C18H22N2O. The lowest BCUT2D eigenvalue weighted by molar-refractivity contribution is -0.120. The number of primary amides is 1. The molecule has 0 radical (unpaired) electrons. The Bertz CT molecular complexity index is 632. The molecule has 1 aliphatic carbocycles. The summed E-state index contributed by atoms with van der Waals surface area (Å²) in [7, 11) is 0. The molecule has 3 N–H and O–H groups in total. The van der Waals surface area contributed by atoms with E-state index in [0.29, 0.717) is 6.04 Å². The van der Waals surface area contributed by atoms with Gasteiger partial charge in [0, 0.05) is 6.04 Å². The molecule has 1 saturated carbocycles. The maximum absolute atomic E-state index is 11.9. The normalized spacial score (nSPS) is 17.7. The molecule has 0 spiro atoms. The molecule has 3 nitrogen and oxygen atoms in total. The highest BCUT2D eigenvalue weighted by molar-refractivity contribution is 5.86. The molecule has 1 unspecified atom stereocenters. The average molecular weight is 282 g/mol. The zero-order valence-corrected chi connectivity index (χ0v) is 12.2. The predicted octanol–water partition coefficient (Wildman–Crippen LogP) is 3.29. The van der Waals surface area contributed by atoms with E-state index in [1.54, 1.807) is 0 Å². The van der Waals surface area contributed by atoms with Crippen LogP contribution in [0.2, 0.25) is 0 Å². The first-order valence-electron chi connectivity index (χ1n) is 7.78. The highest BCUT2D eigenvalue weighted by Gasteiger charge is 2.23. The number of fused-ring (bicyclic) bond motifs is 1. The van der Waals surface area contributed by atoms with Crippen LogP contribution < -0.4 is 11.1 Å². The Morgan fingerprint density at radius 1 is 1.05 bits per heavy atom. The van der Waals surface area contributed by atoms with Crippen molar-refractivity contribution >= 4 is 16.7 Å². The van der Waals surface area contributed by atoms with E-state index >= 15 is 0 Å². The van der Waals surface area contributed by atoms with Crippen molar-refractivity contribution in [2.24, 2.45) is 5.73 Å². The van der Waals surface area contributed by atoms with Gasteiger partial charge in [-0.15, -0.1) is 0 Å². The molecule has 0 heterocycles. The van der Waals surface area contributed by atoms with Crippen molar-refractivity contribution in [3.63, 3.8) is 0 Å². The molecule has 110 valence electrons. The van der Waals surface area contributed by atoms with E-state index in [1.807, 2.05) is 18.2 Å². The Morgan fingerprint density at radius 3 is 2.48 bits per heavy atom. The van der Waals surface area contributed by atoms with Crippen LogP contribution in [-0.2, 0) is 4.79 Å². The Hall–Kier alpha value is -1.87. The Kier molecular flexibility index (Phi) is 4.20. The molecule has 21 heavy (non-hydrogen) atoms. The Labute approximate surface area is 125 Å². The number of amides is 1. The van der Waals surface area contributed by atoms with Crippen molar-refractivity contribution in [2.75, 3.05) is 0 Å². The van der Waals surface area contributed by atoms with Gasteiger partial charge in [0.2, 0.25) is 5.91 Å². The molecule has 2 aromatic carbocycles. The SMILES string of the molecule is NC(=O)C(NC1CCCCC1)c1ccc2ccccc2c1. The van der Waals surface area contributed by atoms with E-state index in [0.717, 1.165) is 23.8 Å². The summed E-state index contributed by atoms with van der Waals surface area (Å²) >= 11 is 0. The second kappa shape index (κ2) is 6.27. The maximum atomic E-state index is 11.9. The molecule has 0 saturated heterocycles. The van der Waals surface area contributed by atoms with E-state index in [2.05, 4.69) is 29.6 Å². The highest BCUT2D eigenvalue weighted by atomic mass is 16.1. The fourth-order valence-corrected chi connectivity index (χ4v) is 3.23. The first-order chi connectivity index (χ1) is 10.2. The van der Waals surface area contributed by atoms with Crippen LogP contribution in [0.1, 0.15) is 43.7 Å². The lowest BCUT2D eigenvalue weighted by atomic mass is 9.93. The van der Waals surface area contributed by atoms with Crippen LogP contribution in [0.15, 0.2) is 42.5 Å². The van der Waals surface area contributed by atoms with Crippen LogP contribution in [0.25, 0.3) is 10.8 Å². The van der Waals surface area contributed by atoms with Crippen molar-refractivity contribution in [2.45, 2.75) is 44.2 Å². The second-order valence-corrected chi connectivity index (χ2v) is 5.94. The third-order valence-electron chi connectivity index (χ3n) is 4.40. The quantitative estimate of drug-likeness (QED) is 0.904. The van der Waals surface area contributed by atoms with Gasteiger partial charge < -0.3 is 5.73 Å². The van der Waals surface area contributed by atoms with Crippen LogP contribution >= 0.6 is 0 Å². The van der Waals surface area contributed by atoms with Gasteiger partial charge in [-0.2, -0.15) is 0 Å². The third-order valence-corrected chi connectivity index (χ3v) is 4.40. The van der Waals surface area contributed by atoms with Gasteiger partial charge in [-0.1, -0.05) is 55.7 Å². The highest BCUT2D eigenvalue weighted by Crippen LogP contribution is 2.24. The van der Waals surface area contributed by atoms with Crippen molar-refractivity contribution in [1.29, 1.82) is 0 Å². The summed E-state index contributed by atoms with van der Waals surface area (Å²) in [6.07, 6.45) is 6.05. The molecule has 1 aliphatic rings. The van der Waals surface area contributed by atoms with Crippen molar-refractivity contribution in [3.8, 4) is 0 Å². The van der Waals surface area contributed by atoms with Crippen LogP contribution in [0.5, 0.6) is 0 Å². The molecule has 0 aliphatic heterocycles. The van der Waals surface area contributed by atoms with Crippen LogP contribution in [0.3, 0.4) is 0 Å². The summed E-state index contributed by atoms with van der Waals surface area (Å²) in [5, 5.41) is 5.79. The molecule has 1 amide bonds. The number of carbonyl (C=O) groups excluding carboxylic acids is 1. The monoisotopic (exact) mass is 282 g/mol. The number of carbonyl (C=O) groups is 1. The number of nitrogens with one attached hydrogen (secondary N) is 1. The average Bonchev–Trinajstić information content (AvgIpc) is 2.53. The van der Waals surface area contributed by atoms with E-state index in [4.69, 9.17) is 5.73 Å². The third kappa shape index (κ3) is 3.24. The smallest absolute Gasteiger partial charge is 0.239 e. The molecule has 0 aromatic heterocycles. The summed E-state index contributed by atoms with van der Waals surface area (Å²) in [6, 6.07) is 14.3. The molecule has 3 heteroatoms. The molecule has 1 fully saturated rings. The number of nitrogens with two attached hydrogens (primary N) is 1. The lowest BCUT2D eigenvalue weighted by Crippen LogP contribution is -2.40.